The minimum Gasteiger partial charge on any atom is -0.507 e. The molecule has 4 aromatic rings. The highest BCUT2D eigenvalue weighted by molar-refractivity contribution is 7.92. The minimum absolute atomic E-state index is 0.0152. The topological polar surface area (TPSA) is 172 Å². The van der Waals surface area contributed by atoms with E-state index in [1.54, 1.807) is 31.2 Å². The molecule has 4 rings (SSSR count). The summed E-state index contributed by atoms with van der Waals surface area (Å²) in [6.07, 6.45) is 0.650. The van der Waals surface area contributed by atoms with E-state index in [0.717, 1.165) is 11.6 Å². The van der Waals surface area contributed by atoms with Crippen LogP contribution in [0.2, 0.25) is 0 Å². The molecule has 0 bridgehead atoms. The van der Waals surface area contributed by atoms with Crippen LogP contribution < -0.4 is 10.5 Å². The lowest BCUT2D eigenvalue weighted by Crippen LogP contribution is -2.15. The van der Waals surface area contributed by atoms with Crippen LogP contribution >= 0.6 is 0 Å². The summed E-state index contributed by atoms with van der Waals surface area (Å²) in [6.45, 7) is 3.59. The van der Waals surface area contributed by atoms with Crippen LogP contribution in [0.1, 0.15) is 18.1 Å². The number of rotatable bonds is 7. The number of fused-ring (bicyclic) bond motifs is 1. The van der Waals surface area contributed by atoms with Gasteiger partial charge in [0.1, 0.15) is 11.4 Å². The van der Waals surface area contributed by atoms with Gasteiger partial charge in [0.25, 0.3) is 20.1 Å². The molecule has 0 aliphatic heterocycles. The van der Waals surface area contributed by atoms with Gasteiger partial charge in [0, 0.05) is 6.07 Å². The largest absolute Gasteiger partial charge is 0.507 e. The van der Waals surface area contributed by atoms with E-state index in [0.29, 0.717) is 17.7 Å². The van der Waals surface area contributed by atoms with Gasteiger partial charge in [0.15, 0.2) is 0 Å². The third kappa shape index (κ3) is 5.40. The fourth-order valence-electron chi connectivity index (χ4n) is 3.85. The molecule has 37 heavy (non-hydrogen) atoms. The van der Waals surface area contributed by atoms with E-state index in [-0.39, 0.29) is 32.7 Å². The molecule has 0 fully saturated rings. The van der Waals surface area contributed by atoms with Crippen LogP contribution in [0.25, 0.3) is 10.8 Å². The van der Waals surface area contributed by atoms with E-state index in [2.05, 4.69) is 15.0 Å². The Hall–Kier alpha value is -4.00. The quantitative estimate of drug-likeness (QED) is 0.137. The number of phenolic OH excluding ortho intramolecular Hbond substituents is 1. The number of hydrogen-bond acceptors (Lipinski definition) is 8. The number of nitrogens with two attached hydrogens (primary N) is 1. The van der Waals surface area contributed by atoms with Crippen molar-refractivity contribution in [2.75, 3.05) is 10.5 Å². The van der Waals surface area contributed by atoms with Crippen molar-refractivity contribution in [3.63, 3.8) is 0 Å². The van der Waals surface area contributed by atoms with Gasteiger partial charge < -0.3 is 10.8 Å². The number of nitrogen functional groups attached to an aromatic ring is 1. The fraction of sp³-hybridized carbons (Fsp3) is 0.120. The zero-order chi connectivity index (χ0) is 27.0. The molecule has 0 saturated carbocycles. The van der Waals surface area contributed by atoms with Gasteiger partial charge in [-0.05, 0) is 60.2 Å². The number of aromatic hydroxyl groups is 1. The van der Waals surface area contributed by atoms with Crippen LogP contribution in [0.4, 0.5) is 22.7 Å². The first-order valence-electron chi connectivity index (χ1n) is 11.1. The first kappa shape index (κ1) is 26.1. The summed E-state index contributed by atoms with van der Waals surface area (Å²) in [6, 6.07) is 16.6. The number of aryl methyl sites for hydroxylation is 2. The first-order chi connectivity index (χ1) is 17.4. The molecule has 12 heteroatoms. The summed E-state index contributed by atoms with van der Waals surface area (Å²) in [5.41, 5.74) is 8.28. The van der Waals surface area contributed by atoms with Crippen LogP contribution in [-0.4, -0.2) is 26.5 Å². The van der Waals surface area contributed by atoms with E-state index in [4.69, 9.17) is 5.73 Å². The molecule has 0 atom stereocenters. The molecule has 0 saturated heterocycles. The molecule has 0 unspecified atom stereocenters. The van der Waals surface area contributed by atoms with Crippen molar-refractivity contribution in [2.45, 2.75) is 30.1 Å². The Morgan fingerprint density at radius 1 is 0.946 bits per heavy atom. The maximum Gasteiger partial charge on any atom is 0.294 e. The summed E-state index contributed by atoms with van der Waals surface area (Å²) in [5.74, 6) is -0.475. The van der Waals surface area contributed by atoms with Crippen LogP contribution in [-0.2, 0) is 26.6 Å². The molecule has 192 valence electrons. The maximum atomic E-state index is 13.2. The van der Waals surface area contributed by atoms with E-state index in [9.17, 15) is 26.5 Å². The molecule has 0 heterocycles. The number of nitrogens with zero attached hydrogens (tertiary/aromatic N) is 2. The number of anilines is 2. The highest BCUT2D eigenvalue weighted by atomic mass is 32.2. The SMILES string of the molecule is CCc1ccccc1NS(=O)(=O)c1cc(N=Nc2c(N)ccc3cc(S(=O)(=O)O)cc(O)c23)ccc1C. The van der Waals surface area contributed by atoms with E-state index >= 15 is 0 Å². The third-order valence-corrected chi connectivity index (χ3v) is 8.08. The van der Waals surface area contributed by atoms with Gasteiger partial charge in [0.05, 0.1) is 32.2 Å². The summed E-state index contributed by atoms with van der Waals surface area (Å²) >= 11 is 0. The third-order valence-electron chi connectivity index (χ3n) is 5.74. The molecule has 5 N–H and O–H groups in total. The summed E-state index contributed by atoms with van der Waals surface area (Å²) in [5, 5.41) is 19.1. The number of benzene rings is 4. The predicted octanol–water partition coefficient (Wildman–Crippen LogP) is 5.46. The Morgan fingerprint density at radius 3 is 2.38 bits per heavy atom. The first-order valence-corrected chi connectivity index (χ1v) is 14.0. The Labute approximate surface area is 214 Å². The van der Waals surface area contributed by atoms with Gasteiger partial charge in [-0.25, -0.2) is 8.42 Å². The van der Waals surface area contributed by atoms with Gasteiger partial charge in [-0.15, -0.1) is 5.11 Å². The smallest absolute Gasteiger partial charge is 0.294 e. The zero-order valence-electron chi connectivity index (χ0n) is 19.9. The second-order valence-electron chi connectivity index (χ2n) is 8.28. The van der Waals surface area contributed by atoms with Crippen LogP contribution in [0, 0.1) is 6.92 Å². The lowest BCUT2D eigenvalue weighted by atomic mass is 10.1. The van der Waals surface area contributed by atoms with Crippen molar-refractivity contribution in [1.29, 1.82) is 0 Å². The lowest BCUT2D eigenvalue weighted by Gasteiger charge is -2.13. The molecule has 0 amide bonds. The summed E-state index contributed by atoms with van der Waals surface area (Å²) in [4.78, 5) is -0.475. The van der Waals surface area contributed by atoms with Gasteiger partial charge in [-0.3, -0.25) is 9.27 Å². The minimum atomic E-state index is -4.55. The zero-order valence-corrected chi connectivity index (χ0v) is 21.5. The lowest BCUT2D eigenvalue weighted by molar-refractivity contribution is 0.471. The highest BCUT2D eigenvalue weighted by Gasteiger charge is 2.20. The maximum absolute atomic E-state index is 13.2. The molecule has 0 aliphatic rings. The number of nitrogens with one attached hydrogen (secondary N) is 1. The molecular weight excluding hydrogens is 516 g/mol. The van der Waals surface area contributed by atoms with Crippen molar-refractivity contribution in [1.82, 2.24) is 0 Å². The molecular formula is C25H24N4O6S2. The standard InChI is InChI=1S/C25H24N4O6S2/c1-3-16-6-4-5-7-21(16)29-36(31,32)23-13-18(10-8-15(23)2)27-28-25-20(26)11-9-17-12-19(37(33,34)35)14-22(30)24(17)25/h4-14,29-30H,3,26H2,1-2H3,(H,33,34,35). The van der Waals surface area contributed by atoms with E-state index in [1.807, 2.05) is 19.1 Å². The molecule has 4 aromatic carbocycles. The average molecular weight is 541 g/mol. The fourth-order valence-corrected chi connectivity index (χ4v) is 5.75. The van der Waals surface area contributed by atoms with Crippen molar-refractivity contribution in [2.24, 2.45) is 10.2 Å². The summed E-state index contributed by atoms with van der Waals surface area (Å²) in [7, 11) is -8.50. The number of para-hydroxylation sites is 1. The highest BCUT2D eigenvalue weighted by Crippen LogP contribution is 2.40. The Balaban J connectivity index is 1.75. The van der Waals surface area contributed by atoms with Gasteiger partial charge in [0.2, 0.25) is 0 Å². The van der Waals surface area contributed by atoms with E-state index in [1.165, 1.54) is 24.3 Å². The number of sulfonamides is 1. The molecule has 0 radical (unpaired) electrons. The monoisotopic (exact) mass is 540 g/mol. The Kier molecular flexibility index (Phi) is 6.91. The van der Waals surface area contributed by atoms with E-state index < -0.39 is 30.8 Å². The second-order valence-corrected chi connectivity index (χ2v) is 11.4. The molecule has 0 aromatic heterocycles. The number of azo groups is 1. The average Bonchev–Trinajstić information content (AvgIpc) is 2.83. The van der Waals surface area contributed by atoms with Crippen molar-refractivity contribution in [3.05, 3.63) is 77.9 Å². The summed E-state index contributed by atoms with van der Waals surface area (Å²) < 4.78 is 61.4. The van der Waals surface area contributed by atoms with Crippen molar-refractivity contribution >= 4 is 53.7 Å². The van der Waals surface area contributed by atoms with Crippen LogP contribution in [0.5, 0.6) is 5.75 Å². The Morgan fingerprint density at radius 2 is 1.68 bits per heavy atom. The molecule has 0 aliphatic carbocycles. The van der Waals surface area contributed by atoms with Gasteiger partial charge >= 0.3 is 0 Å². The van der Waals surface area contributed by atoms with Gasteiger partial charge in [-0.2, -0.15) is 13.5 Å². The second kappa shape index (κ2) is 9.81. The van der Waals surface area contributed by atoms with Crippen LogP contribution in [0.3, 0.4) is 0 Å². The van der Waals surface area contributed by atoms with Crippen molar-refractivity contribution < 1.29 is 26.5 Å². The molecule has 10 nitrogen and oxygen atoms in total. The number of hydrogen-bond donors (Lipinski definition) is 4. The Bertz CT molecular complexity index is 1770. The van der Waals surface area contributed by atoms with Gasteiger partial charge in [-0.1, -0.05) is 37.3 Å². The number of phenols is 1. The normalized spacial score (nSPS) is 12.3. The van der Waals surface area contributed by atoms with Crippen LogP contribution in [0.15, 0.2) is 86.7 Å². The van der Waals surface area contributed by atoms with Crippen molar-refractivity contribution in [3.8, 4) is 5.75 Å². The predicted molar refractivity (Wildman–Crippen MR) is 142 cm³/mol. The molecule has 0 spiro atoms.